The van der Waals surface area contributed by atoms with Gasteiger partial charge in [0.05, 0.1) is 12.7 Å². The van der Waals surface area contributed by atoms with Crippen LogP contribution in [0.2, 0.25) is 0 Å². The summed E-state index contributed by atoms with van der Waals surface area (Å²) in [6, 6.07) is 10.2. The molecule has 1 aliphatic heterocycles. The van der Waals surface area contributed by atoms with Gasteiger partial charge < -0.3 is 10.6 Å². The molecule has 0 fully saturated rings. The van der Waals surface area contributed by atoms with Crippen LogP contribution in [0.15, 0.2) is 42.7 Å². The molecule has 0 radical (unpaired) electrons. The summed E-state index contributed by atoms with van der Waals surface area (Å²) in [5.41, 5.74) is 4.67. The first kappa shape index (κ1) is 15.6. The highest BCUT2D eigenvalue weighted by Crippen LogP contribution is 2.15. The zero-order valence-corrected chi connectivity index (χ0v) is 13.8. The number of fused-ring (bicyclic) bond motifs is 1. The largest absolute Gasteiger partial charge is 0.346 e. The van der Waals surface area contributed by atoms with Crippen LogP contribution in [0.3, 0.4) is 0 Å². The van der Waals surface area contributed by atoms with Gasteiger partial charge >= 0.3 is 0 Å². The van der Waals surface area contributed by atoms with Gasteiger partial charge in [-0.15, -0.1) is 0 Å². The Balaban J connectivity index is 1.37. The van der Waals surface area contributed by atoms with Crippen LogP contribution in [0, 0.1) is 0 Å². The maximum absolute atomic E-state index is 12.4. The van der Waals surface area contributed by atoms with Gasteiger partial charge in [0.1, 0.15) is 0 Å². The molecule has 1 aliphatic rings. The van der Waals surface area contributed by atoms with E-state index in [2.05, 4.69) is 38.1 Å². The number of nitrogens with one attached hydrogen (secondary N) is 3. The van der Waals surface area contributed by atoms with E-state index in [0.29, 0.717) is 25.3 Å². The Kier molecular flexibility index (Phi) is 4.30. The van der Waals surface area contributed by atoms with Crippen molar-refractivity contribution in [1.29, 1.82) is 0 Å². The minimum absolute atomic E-state index is 0.156. The SMILES string of the molecule is O=C(NCc1cnn(Cc2ccccc2)c1)c1n[nH]c2c1CNCC2. The molecule has 0 aliphatic carbocycles. The van der Waals surface area contributed by atoms with Crippen molar-refractivity contribution in [3.8, 4) is 0 Å². The minimum Gasteiger partial charge on any atom is -0.346 e. The van der Waals surface area contributed by atoms with Gasteiger partial charge in [-0.3, -0.25) is 14.6 Å². The molecule has 1 amide bonds. The molecule has 0 spiro atoms. The van der Waals surface area contributed by atoms with Crippen molar-refractivity contribution >= 4 is 5.91 Å². The molecule has 3 aromatic rings. The molecule has 128 valence electrons. The van der Waals surface area contributed by atoms with Gasteiger partial charge in [-0.05, 0) is 5.56 Å². The average molecular weight is 336 g/mol. The molecule has 7 heteroatoms. The van der Waals surface area contributed by atoms with Gasteiger partial charge in [0.15, 0.2) is 5.69 Å². The lowest BCUT2D eigenvalue weighted by Gasteiger charge is -2.12. The lowest BCUT2D eigenvalue weighted by molar-refractivity contribution is 0.0944. The molecule has 3 heterocycles. The first-order valence-electron chi connectivity index (χ1n) is 8.40. The fraction of sp³-hybridized carbons (Fsp3) is 0.278. The van der Waals surface area contributed by atoms with Crippen LogP contribution in [0.25, 0.3) is 0 Å². The Bertz CT molecular complexity index is 867. The van der Waals surface area contributed by atoms with Crippen molar-refractivity contribution in [3.63, 3.8) is 0 Å². The van der Waals surface area contributed by atoms with Crippen molar-refractivity contribution in [2.75, 3.05) is 6.54 Å². The van der Waals surface area contributed by atoms with Gasteiger partial charge in [-0.1, -0.05) is 30.3 Å². The second-order valence-electron chi connectivity index (χ2n) is 6.17. The van der Waals surface area contributed by atoms with Crippen molar-refractivity contribution in [1.82, 2.24) is 30.6 Å². The third-order valence-electron chi connectivity index (χ3n) is 4.35. The summed E-state index contributed by atoms with van der Waals surface area (Å²) in [7, 11) is 0. The summed E-state index contributed by atoms with van der Waals surface area (Å²) in [6.07, 6.45) is 4.61. The Hall–Kier alpha value is -2.93. The van der Waals surface area contributed by atoms with E-state index in [9.17, 15) is 4.79 Å². The number of hydrogen-bond acceptors (Lipinski definition) is 4. The summed E-state index contributed by atoms with van der Waals surface area (Å²) in [5, 5.41) is 17.7. The lowest BCUT2D eigenvalue weighted by atomic mass is 10.1. The Morgan fingerprint density at radius 1 is 1.24 bits per heavy atom. The third kappa shape index (κ3) is 3.46. The van der Waals surface area contributed by atoms with Gasteiger partial charge in [0, 0.05) is 49.1 Å². The number of benzene rings is 1. The van der Waals surface area contributed by atoms with Crippen molar-refractivity contribution in [2.24, 2.45) is 0 Å². The fourth-order valence-electron chi connectivity index (χ4n) is 3.03. The molecule has 0 saturated heterocycles. The van der Waals surface area contributed by atoms with Crippen LogP contribution >= 0.6 is 0 Å². The molecule has 0 unspecified atom stereocenters. The van der Waals surface area contributed by atoms with E-state index < -0.39 is 0 Å². The second-order valence-corrected chi connectivity index (χ2v) is 6.17. The Labute approximate surface area is 145 Å². The molecular weight excluding hydrogens is 316 g/mol. The number of aromatic nitrogens is 4. The molecule has 3 N–H and O–H groups in total. The van der Waals surface area contributed by atoms with Gasteiger partial charge in [0.2, 0.25) is 0 Å². The monoisotopic (exact) mass is 336 g/mol. The van der Waals surface area contributed by atoms with E-state index in [0.717, 1.165) is 29.8 Å². The number of carbonyl (C=O) groups is 1. The van der Waals surface area contributed by atoms with E-state index >= 15 is 0 Å². The van der Waals surface area contributed by atoms with Crippen molar-refractivity contribution in [2.45, 2.75) is 26.1 Å². The predicted octanol–water partition coefficient (Wildman–Crippen LogP) is 1.23. The van der Waals surface area contributed by atoms with Crippen LogP contribution in [0.5, 0.6) is 0 Å². The zero-order chi connectivity index (χ0) is 17.1. The van der Waals surface area contributed by atoms with Crippen LogP contribution in [-0.4, -0.2) is 32.4 Å². The molecular formula is C18H20N6O. The normalized spacial score (nSPS) is 13.4. The number of carbonyl (C=O) groups excluding carboxylic acids is 1. The summed E-state index contributed by atoms with van der Waals surface area (Å²) in [4.78, 5) is 12.4. The minimum atomic E-state index is -0.156. The molecule has 25 heavy (non-hydrogen) atoms. The molecule has 1 aromatic carbocycles. The van der Waals surface area contributed by atoms with E-state index in [1.165, 1.54) is 5.56 Å². The average Bonchev–Trinajstić information content (AvgIpc) is 3.27. The number of hydrogen-bond donors (Lipinski definition) is 3. The topological polar surface area (TPSA) is 87.6 Å². The van der Waals surface area contributed by atoms with Crippen LogP contribution in [0.1, 0.15) is 32.9 Å². The van der Waals surface area contributed by atoms with E-state index in [-0.39, 0.29) is 5.91 Å². The second kappa shape index (κ2) is 6.90. The van der Waals surface area contributed by atoms with Crippen molar-refractivity contribution in [3.05, 3.63) is 70.8 Å². The van der Waals surface area contributed by atoms with E-state index in [1.807, 2.05) is 29.1 Å². The fourth-order valence-corrected chi connectivity index (χ4v) is 3.03. The van der Waals surface area contributed by atoms with E-state index in [1.54, 1.807) is 6.20 Å². The third-order valence-corrected chi connectivity index (χ3v) is 4.35. The maximum atomic E-state index is 12.4. The van der Waals surface area contributed by atoms with Gasteiger partial charge in [-0.2, -0.15) is 10.2 Å². The van der Waals surface area contributed by atoms with Crippen LogP contribution in [0.4, 0.5) is 0 Å². The highest BCUT2D eigenvalue weighted by molar-refractivity contribution is 5.93. The lowest BCUT2D eigenvalue weighted by Crippen LogP contribution is -2.28. The molecule has 7 nitrogen and oxygen atoms in total. The Morgan fingerprint density at radius 3 is 3.00 bits per heavy atom. The highest BCUT2D eigenvalue weighted by Gasteiger charge is 2.21. The van der Waals surface area contributed by atoms with Crippen LogP contribution < -0.4 is 10.6 Å². The standard InChI is InChI=1S/C18H20N6O/c25-18(17-15-10-19-7-6-16(15)22-23-17)20-8-14-9-21-24(12-14)11-13-4-2-1-3-5-13/h1-5,9,12,19H,6-8,10-11H2,(H,20,25)(H,22,23). The van der Waals surface area contributed by atoms with Gasteiger partial charge in [0.25, 0.3) is 5.91 Å². The molecule has 0 bridgehead atoms. The summed E-state index contributed by atoms with van der Waals surface area (Å²) in [6.45, 7) is 2.75. The van der Waals surface area contributed by atoms with Crippen LogP contribution in [-0.2, 0) is 26.1 Å². The quantitative estimate of drug-likeness (QED) is 0.654. The Morgan fingerprint density at radius 2 is 2.12 bits per heavy atom. The number of amides is 1. The first-order valence-corrected chi connectivity index (χ1v) is 8.40. The number of aromatic amines is 1. The number of nitrogens with zero attached hydrogens (tertiary/aromatic N) is 3. The zero-order valence-electron chi connectivity index (χ0n) is 13.8. The first-order chi connectivity index (χ1) is 12.3. The molecule has 0 atom stereocenters. The molecule has 0 saturated carbocycles. The summed E-state index contributed by atoms with van der Waals surface area (Å²) < 4.78 is 1.87. The molecule has 4 rings (SSSR count). The smallest absolute Gasteiger partial charge is 0.272 e. The highest BCUT2D eigenvalue weighted by atomic mass is 16.1. The summed E-state index contributed by atoms with van der Waals surface area (Å²) >= 11 is 0. The maximum Gasteiger partial charge on any atom is 0.272 e. The van der Waals surface area contributed by atoms with Gasteiger partial charge in [-0.25, -0.2) is 0 Å². The summed E-state index contributed by atoms with van der Waals surface area (Å²) in [5.74, 6) is -0.156. The molecule has 2 aromatic heterocycles. The predicted molar refractivity (Wildman–Crippen MR) is 92.9 cm³/mol. The number of rotatable bonds is 5. The van der Waals surface area contributed by atoms with E-state index in [4.69, 9.17) is 0 Å². The van der Waals surface area contributed by atoms with Crippen molar-refractivity contribution < 1.29 is 4.79 Å². The number of H-pyrrole nitrogens is 1.